The molecule has 440 valence electrons. The van der Waals surface area contributed by atoms with E-state index in [1.54, 1.807) is 37.7 Å². The molecular weight excluding hydrogens is 1050 g/mol. The second kappa shape index (κ2) is 27.1. The quantitative estimate of drug-likeness (QED) is 0.0419. The van der Waals surface area contributed by atoms with Crippen LogP contribution in [-0.4, -0.2) is 168 Å². The smallest absolute Gasteiger partial charge is 0.410 e. The largest absolute Gasteiger partial charge is 0.462 e. The van der Waals surface area contributed by atoms with Gasteiger partial charge in [0.25, 0.3) is 5.91 Å². The fourth-order valence-electron chi connectivity index (χ4n) is 11.4. The average molecular weight is 1130 g/mol. The Morgan fingerprint density at radius 3 is 1.46 bits per heavy atom. The third-order valence-electron chi connectivity index (χ3n) is 15.2. The highest BCUT2D eigenvalue weighted by molar-refractivity contribution is 5.93. The summed E-state index contributed by atoms with van der Waals surface area (Å²) < 4.78 is 32.7. The van der Waals surface area contributed by atoms with Crippen molar-refractivity contribution < 1.29 is 52.5 Å². The number of carbonyl (C=O) groups is 5. The first-order chi connectivity index (χ1) is 39.1. The Morgan fingerprint density at radius 2 is 1.02 bits per heavy atom. The molecule has 6 saturated heterocycles. The third-order valence-corrected chi connectivity index (χ3v) is 15.2. The number of hydrogen-bond donors (Lipinski definition) is 3. The number of hydrogen-bond acceptors (Lipinski definition) is 17. The molecule has 3 N–H and O–H groups in total. The van der Waals surface area contributed by atoms with E-state index in [1.165, 1.54) is 28.6 Å². The predicted octanol–water partition coefficient (Wildman–Crippen LogP) is 7.95. The van der Waals surface area contributed by atoms with Gasteiger partial charge in [-0.15, -0.1) is 0 Å². The van der Waals surface area contributed by atoms with Crippen LogP contribution in [0.2, 0.25) is 0 Å². The van der Waals surface area contributed by atoms with Gasteiger partial charge < -0.3 is 43.9 Å². The second-order valence-electron chi connectivity index (χ2n) is 23.7. The van der Waals surface area contributed by atoms with Gasteiger partial charge in [0.05, 0.1) is 29.9 Å². The summed E-state index contributed by atoms with van der Waals surface area (Å²) >= 11 is 0. The maximum atomic E-state index is 12.3. The lowest BCUT2D eigenvalue weighted by molar-refractivity contribution is 0.0272. The van der Waals surface area contributed by atoms with E-state index in [9.17, 15) is 28.4 Å². The Morgan fingerprint density at radius 1 is 0.573 bits per heavy atom. The summed E-state index contributed by atoms with van der Waals surface area (Å²) in [6, 6.07) is 24.9. The van der Waals surface area contributed by atoms with Crippen molar-refractivity contribution in [2.45, 2.75) is 73.1 Å². The number of aromatic nitrogens is 3. The van der Waals surface area contributed by atoms with E-state index >= 15 is 0 Å². The summed E-state index contributed by atoms with van der Waals surface area (Å²) in [5.74, 6) is 3.21. The highest BCUT2D eigenvalue weighted by Gasteiger charge is 2.44. The normalized spacial score (nSPS) is 21.6. The molecule has 0 aliphatic carbocycles. The highest BCUT2D eigenvalue weighted by Crippen LogP contribution is 2.36. The van der Waals surface area contributed by atoms with Gasteiger partial charge in [-0.25, -0.2) is 39.6 Å². The molecule has 0 spiro atoms. The van der Waals surface area contributed by atoms with Crippen LogP contribution in [0.3, 0.4) is 0 Å². The van der Waals surface area contributed by atoms with Gasteiger partial charge in [0, 0.05) is 116 Å². The maximum Gasteiger partial charge on any atom is 0.410 e. The summed E-state index contributed by atoms with van der Waals surface area (Å²) in [5, 5.41) is 14.7. The predicted molar refractivity (Wildman–Crippen MR) is 307 cm³/mol. The lowest BCUT2D eigenvalue weighted by atomic mass is 10.0. The van der Waals surface area contributed by atoms with E-state index < -0.39 is 23.4 Å². The van der Waals surface area contributed by atoms with Crippen LogP contribution in [0.5, 0.6) is 0 Å². The van der Waals surface area contributed by atoms with Crippen LogP contribution in [0.4, 0.5) is 25.6 Å². The first kappa shape index (κ1) is 60.6. The van der Waals surface area contributed by atoms with Crippen LogP contribution in [0.15, 0.2) is 97.5 Å². The standard InChI is InChI=1S/C23H24N4O2.C19H27N3O4.C11H20N2O2.C8H8FNO2/c28-23(25-29)19-7-8-22(24-10-19)27-14-20-12-26(13-21(20)15-27)11-16-5-6-17-3-1-2-4-18(17)9-16;1-5-25-17(23)13-6-7-16(20-8-13)21-9-14-11-22(12-15(14)10-21)18(24)26-19(2,3)4;1-11(2,3)15-10(14)13-6-8-4-12-5-9(8)7-13;1-2-12-8(11)6-3-4-7(9)10-5-6/h1-10,20-21,29H,11-15H2,(H,25,28);6-8,14-15H,5,9-12H2,1-4H3;8-9,12H,4-7H2,1-3H3;3-5H,2H2,1H3. The van der Waals surface area contributed by atoms with Crippen molar-refractivity contribution in [3.8, 4) is 0 Å². The molecule has 6 fully saturated rings. The van der Waals surface area contributed by atoms with E-state index in [-0.39, 0.29) is 29.3 Å². The number of rotatable bonds is 9. The van der Waals surface area contributed by atoms with Crippen molar-refractivity contribution in [2.24, 2.45) is 35.5 Å². The summed E-state index contributed by atoms with van der Waals surface area (Å²) in [5.41, 5.74) is 3.25. The molecule has 6 aliphatic heterocycles. The number of likely N-dealkylation sites (tertiary alicyclic amines) is 3. The van der Waals surface area contributed by atoms with Crippen LogP contribution in [-0.2, 0) is 25.5 Å². The highest BCUT2D eigenvalue weighted by atomic mass is 19.1. The lowest BCUT2D eigenvalue weighted by Gasteiger charge is -2.26. The van der Waals surface area contributed by atoms with Gasteiger partial charge in [0.2, 0.25) is 5.95 Å². The number of ether oxygens (including phenoxy) is 4. The summed E-state index contributed by atoms with van der Waals surface area (Å²) in [4.78, 5) is 81.0. The van der Waals surface area contributed by atoms with Crippen molar-refractivity contribution in [1.29, 1.82) is 0 Å². The fourth-order valence-corrected chi connectivity index (χ4v) is 11.4. The van der Waals surface area contributed by atoms with Gasteiger partial charge in [-0.3, -0.25) is 14.9 Å². The lowest BCUT2D eigenvalue weighted by Crippen LogP contribution is -2.37. The van der Waals surface area contributed by atoms with Crippen LogP contribution in [0, 0.1) is 41.5 Å². The van der Waals surface area contributed by atoms with Crippen LogP contribution >= 0.6 is 0 Å². The molecule has 6 aliphatic rings. The number of amides is 3. The van der Waals surface area contributed by atoms with Crippen molar-refractivity contribution >= 4 is 52.4 Å². The van der Waals surface area contributed by atoms with Gasteiger partial charge in [-0.2, -0.15) is 4.39 Å². The average Bonchev–Trinajstić information content (AvgIpc) is 3.98. The third kappa shape index (κ3) is 16.4. The van der Waals surface area contributed by atoms with E-state index in [2.05, 4.69) is 82.2 Å². The Balaban J connectivity index is 0.000000152. The van der Waals surface area contributed by atoms with Crippen LogP contribution in [0.25, 0.3) is 10.8 Å². The number of benzene rings is 2. The number of anilines is 2. The molecule has 2 aromatic carbocycles. The number of nitrogens with one attached hydrogen (secondary N) is 2. The fraction of sp³-hybridized carbons (Fsp3) is 0.508. The minimum Gasteiger partial charge on any atom is -0.462 e. The Kier molecular flexibility index (Phi) is 20.0. The van der Waals surface area contributed by atoms with Crippen LogP contribution in [0.1, 0.15) is 92.0 Å². The molecule has 9 heterocycles. The number of fused-ring (bicyclic) bond motifs is 4. The van der Waals surface area contributed by atoms with Gasteiger partial charge >= 0.3 is 24.1 Å². The van der Waals surface area contributed by atoms with Gasteiger partial charge in [-0.05, 0) is 138 Å². The molecular formula is C61H79FN10O10. The summed E-state index contributed by atoms with van der Waals surface area (Å²) in [6.45, 7) is 27.7. The number of carbonyl (C=O) groups excluding carboxylic acids is 5. The Labute approximate surface area is 479 Å². The van der Waals surface area contributed by atoms with Crippen molar-refractivity contribution in [1.82, 2.24) is 40.4 Å². The molecule has 3 aromatic heterocycles. The molecule has 21 heteroatoms. The number of halogens is 1. The van der Waals surface area contributed by atoms with Crippen molar-refractivity contribution in [3.05, 3.63) is 126 Å². The van der Waals surface area contributed by atoms with E-state index in [1.807, 2.05) is 63.5 Å². The monoisotopic (exact) mass is 1130 g/mol. The number of hydroxylamine groups is 1. The van der Waals surface area contributed by atoms with E-state index in [4.69, 9.17) is 19.4 Å². The first-order valence-electron chi connectivity index (χ1n) is 28.3. The zero-order valence-electron chi connectivity index (χ0n) is 48.4. The maximum absolute atomic E-state index is 12.3. The van der Waals surface area contributed by atoms with Gasteiger partial charge in [-0.1, -0.05) is 36.4 Å². The summed E-state index contributed by atoms with van der Waals surface area (Å²) in [7, 11) is 0. The molecule has 6 unspecified atom stereocenters. The minimum atomic E-state index is -0.608. The number of pyridine rings is 3. The molecule has 11 rings (SSSR count). The molecule has 6 atom stereocenters. The zero-order valence-corrected chi connectivity index (χ0v) is 48.4. The first-order valence-corrected chi connectivity index (χ1v) is 28.3. The number of esters is 2. The molecule has 82 heavy (non-hydrogen) atoms. The van der Waals surface area contributed by atoms with Gasteiger partial charge in [0.1, 0.15) is 22.8 Å². The Bertz CT molecular complexity index is 2940. The number of nitrogens with zero attached hydrogens (tertiary/aromatic N) is 8. The molecule has 0 radical (unpaired) electrons. The second-order valence-corrected chi connectivity index (χ2v) is 23.7. The molecule has 20 nitrogen and oxygen atoms in total. The van der Waals surface area contributed by atoms with Crippen LogP contribution < -0.4 is 20.6 Å². The molecule has 0 bridgehead atoms. The van der Waals surface area contributed by atoms with Crippen molar-refractivity contribution in [3.63, 3.8) is 0 Å². The van der Waals surface area contributed by atoms with E-state index in [0.717, 1.165) is 109 Å². The topological polar surface area (TPSA) is 221 Å². The Hall–Kier alpha value is -7.49. The SMILES string of the molecule is CC(C)(C)OC(=O)N1CC2CNCC2C1.CCOC(=O)c1ccc(F)nc1.CCOC(=O)c1ccc(N2CC3CN(C(=O)OC(C)(C)C)CC3C2)nc1.O=C(NO)c1ccc(N2CC3CN(Cc4ccc5ccccc5c4)CC3C2)nc1. The van der Waals surface area contributed by atoms with Gasteiger partial charge in [0.15, 0.2) is 0 Å². The minimum absolute atomic E-state index is 0.156. The van der Waals surface area contributed by atoms with Crippen molar-refractivity contribution in [2.75, 3.05) is 102 Å². The summed E-state index contributed by atoms with van der Waals surface area (Å²) in [6.07, 6.45) is 3.84. The zero-order chi connectivity index (χ0) is 58.7. The molecule has 3 amide bonds. The molecule has 0 saturated carbocycles. The molecule has 5 aromatic rings. The van der Waals surface area contributed by atoms with E-state index in [0.29, 0.717) is 59.8 Å².